The predicted molar refractivity (Wildman–Crippen MR) is 88.3 cm³/mol. The predicted octanol–water partition coefficient (Wildman–Crippen LogP) is 3.47. The number of esters is 1. The number of aryl methyl sites for hydroxylation is 2. The molecule has 4 nitrogen and oxygen atoms in total. The van der Waals surface area contributed by atoms with Crippen LogP contribution in [-0.4, -0.2) is 24.5 Å². The van der Waals surface area contributed by atoms with E-state index in [0.29, 0.717) is 10.8 Å². The van der Waals surface area contributed by atoms with Crippen LogP contribution in [0.15, 0.2) is 6.07 Å². The number of carbonyl (C=O) groups is 2. The van der Waals surface area contributed by atoms with Gasteiger partial charge in [-0.3, -0.25) is 4.79 Å². The monoisotopic (exact) mass is 323 g/mol. The van der Waals surface area contributed by atoms with Crippen molar-refractivity contribution in [2.45, 2.75) is 58.9 Å². The highest BCUT2D eigenvalue weighted by atomic mass is 32.1. The molecule has 1 aliphatic rings. The van der Waals surface area contributed by atoms with Gasteiger partial charge in [-0.2, -0.15) is 0 Å². The van der Waals surface area contributed by atoms with Gasteiger partial charge < -0.3 is 10.1 Å². The maximum Gasteiger partial charge on any atom is 0.348 e. The van der Waals surface area contributed by atoms with Crippen LogP contribution in [0.3, 0.4) is 0 Å². The molecule has 1 heterocycles. The minimum Gasteiger partial charge on any atom is -0.451 e. The molecule has 0 spiro atoms. The Bertz CT molecular complexity index is 538. The van der Waals surface area contributed by atoms with Gasteiger partial charge in [0, 0.05) is 10.9 Å². The topological polar surface area (TPSA) is 55.4 Å². The Morgan fingerprint density at radius 3 is 2.73 bits per heavy atom. The first-order chi connectivity index (χ1) is 10.5. The molecule has 0 bridgehead atoms. The SMILES string of the molecule is CCc1sc(C(=O)OCC(=O)N[C@@H]2CCCC[C@H]2C)cc1C. The quantitative estimate of drug-likeness (QED) is 0.844. The van der Waals surface area contributed by atoms with Crippen LogP contribution in [0.5, 0.6) is 0 Å². The number of nitrogens with one attached hydrogen (secondary N) is 1. The zero-order valence-electron chi connectivity index (χ0n) is 13.6. The first kappa shape index (κ1) is 17.0. The van der Waals surface area contributed by atoms with Crippen LogP contribution >= 0.6 is 11.3 Å². The lowest BCUT2D eigenvalue weighted by atomic mass is 9.86. The summed E-state index contributed by atoms with van der Waals surface area (Å²) >= 11 is 1.45. The molecule has 122 valence electrons. The molecule has 1 fully saturated rings. The van der Waals surface area contributed by atoms with Crippen molar-refractivity contribution in [1.29, 1.82) is 0 Å². The lowest BCUT2D eigenvalue weighted by Gasteiger charge is -2.29. The minimum absolute atomic E-state index is 0.194. The van der Waals surface area contributed by atoms with E-state index in [4.69, 9.17) is 4.74 Å². The minimum atomic E-state index is -0.403. The third kappa shape index (κ3) is 4.32. The molecule has 22 heavy (non-hydrogen) atoms. The normalized spacial score (nSPS) is 21.4. The van der Waals surface area contributed by atoms with Gasteiger partial charge >= 0.3 is 5.97 Å². The van der Waals surface area contributed by atoms with E-state index in [2.05, 4.69) is 19.2 Å². The van der Waals surface area contributed by atoms with Crippen LogP contribution < -0.4 is 5.32 Å². The van der Waals surface area contributed by atoms with E-state index in [-0.39, 0.29) is 18.6 Å². The van der Waals surface area contributed by atoms with Crippen molar-refractivity contribution in [3.63, 3.8) is 0 Å². The lowest BCUT2D eigenvalue weighted by molar-refractivity contribution is -0.125. The summed E-state index contributed by atoms with van der Waals surface area (Å²) in [6.07, 6.45) is 5.47. The van der Waals surface area contributed by atoms with Crippen LogP contribution in [0.2, 0.25) is 0 Å². The second-order valence-electron chi connectivity index (χ2n) is 6.08. The number of hydrogen-bond donors (Lipinski definition) is 1. The number of hydrogen-bond acceptors (Lipinski definition) is 4. The average molecular weight is 323 g/mol. The molecular weight excluding hydrogens is 298 g/mol. The van der Waals surface area contributed by atoms with Crippen molar-refractivity contribution in [1.82, 2.24) is 5.32 Å². The summed E-state index contributed by atoms with van der Waals surface area (Å²) in [7, 11) is 0. The number of ether oxygens (including phenoxy) is 1. The van der Waals surface area contributed by atoms with Crippen LogP contribution in [0.4, 0.5) is 0 Å². The molecule has 0 unspecified atom stereocenters. The molecule has 1 aliphatic carbocycles. The summed E-state index contributed by atoms with van der Waals surface area (Å²) in [5, 5.41) is 2.99. The third-order valence-electron chi connectivity index (χ3n) is 4.34. The van der Waals surface area contributed by atoms with Crippen molar-refractivity contribution in [3.8, 4) is 0 Å². The summed E-state index contributed by atoms with van der Waals surface area (Å²) < 4.78 is 5.14. The zero-order chi connectivity index (χ0) is 16.1. The Morgan fingerprint density at radius 1 is 1.36 bits per heavy atom. The van der Waals surface area contributed by atoms with Gasteiger partial charge in [0.1, 0.15) is 4.88 Å². The van der Waals surface area contributed by atoms with Gasteiger partial charge in [0.25, 0.3) is 5.91 Å². The van der Waals surface area contributed by atoms with Crippen LogP contribution in [0, 0.1) is 12.8 Å². The molecule has 0 aliphatic heterocycles. The van der Waals surface area contributed by atoms with Gasteiger partial charge in [-0.05, 0) is 43.7 Å². The number of carbonyl (C=O) groups excluding carboxylic acids is 2. The number of thiophene rings is 1. The van der Waals surface area contributed by atoms with Crippen molar-refractivity contribution in [3.05, 3.63) is 21.4 Å². The van der Waals surface area contributed by atoms with Crippen molar-refractivity contribution in [2.24, 2.45) is 5.92 Å². The van der Waals surface area contributed by atoms with Crippen molar-refractivity contribution in [2.75, 3.05) is 6.61 Å². The van der Waals surface area contributed by atoms with E-state index in [0.717, 1.165) is 31.2 Å². The molecule has 0 saturated heterocycles. The number of amides is 1. The summed E-state index contributed by atoms with van der Waals surface area (Å²) in [5.41, 5.74) is 1.11. The summed E-state index contributed by atoms with van der Waals surface area (Å²) in [6, 6.07) is 2.06. The summed E-state index contributed by atoms with van der Waals surface area (Å²) in [4.78, 5) is 25.7. The average Bonchev–Trinajstić information content (AvgIpc) is 2.88. The number of rotatable bonds is 5. The van der Waals surface area contributed by atoms with E-state index in [1.54, 1.807) is 0 Å². The Morgan fingerprint density at radius 2 is 2.09 bits per heavy atom. The Hall–Kier alpha value is -1.36. The second-order valence-corrected chi connectivity index (χ2v) is 7.22. The maximum absolute atomic E-state index is 12.0. The molecule has 2 rings (SSSR count). The molecule has 1 amide bonds. The molecule has 1 aromatic heterocycles. The lowest BCUT2D eigenvalue weighted by Crippen LogP contribution is -2.42. The van der Waals surface area contributed by atoms with Crippen molar-refractivity contribution < 1.29 is 14.3 Å². The fraction of sp³-hybridized carbons (Fsp3) is 0.647. The van der Waals surface area contributed by atoms with Gasteiger partial charge in [0.15, 0.2) is 6.61 Å². The molecule has 1 N–H and O–H groups in total. The fourth-order valence-corrected chi connectivity index (χ4v) is 3.96. The van der Waals surface area contributed by atoms with Crippen molar-refractivity contribution >= 4 is 23.2 Å². The maximum atomic E-state index is 12.0. The third-order valence-corrected chi connectivity index (χ3v) is 5.70. The van der Waals surface area contributed by atoms with Gasteiger partial charge in [-0.25, -0.2) is 4.79 Å². The highest BCUT2D eigenvalue weighted by molar-refractivity contribution is 7.14. The van der Waals surface area contributed by atoms with Crippen LogP contribution in [-0.2, 0) is 16.0 Å². The van der Waals surface area contributed by atoms with E-state index >= 15 is 0 Å². The summed E-state index contributed by atoms with van der Waals surface area (Å²) in [5.74, 6) is -0.101. The molecule has 0 radical (unpaired) electrons. The first-order valence-corrected chi connectivity index (χ1v) is 8.88. The van der Waals surface area contributed by atoms with E-state index in [1.807, 2.05) is 13.0 Å². The Balaban J connectivity index is 1.81. The highest BCUT2D eigenvalue weighted by Gasteiger charge is 2.23. The molecule has 2 atom stereocenters. The fourth-order valence-electron chi connectivity index (χ4n) is 2.95. The molecular formula is C17H25NO3S. The molecule has 1 saturated carbocycles. The van der Waals surface area contributed by atoms with Gasteiger partial charge in [0.05, 0.1) is 0 Å². The van der Waals surface area contributed by atoms with Crippen LogP contribution in [0.25, 0.3) is 0 Å². The van der Waals surface area contributed by atoms with E-state index in [1.165, 1.54) is 22.6 Å². The second kappa shape index (κ2) is 7.77. The molecule has 0 aromatic carbocycles. The molecule has 1 aromatic rings. The van der Waals surface area contributed by atoms with Gasteiger partial charge in [0.2, 0.25) is 0 Å². The van der Waals surface area contributed by atoms with Gasteiger partial charge in [-0.1, -0.05) is 26.7 Å². The largest absolute Gasteiger partial charge is 0.451 e. The van der Waals surface area contributed by atoms with Crippen LogP contribution in [0.1, 0.15) is 59.6 Å². The zero-order valence-corrected chi connectivity index (χ0v) is 14.4. The summed E-state index contributed by atoms with van der Waals surface area (Å²) in [6.45, 7) is 6.02. The van der Waals surface area contributed by atoms with Gasteiger partial charge in [-0.15, -0.1) is 11.3 Å². The Labute approximate surface area is 136 Å². The van der Waals surface area contributed by atoms with E-state index in [9.17, 15) is 9.59 Å². The van der Waals surface area contributed by atoms with E-state index < -0.39 is 5.97 Å². The molecule has 5 heteroatoms. The Kier molecular flexibility index (Phi) is 6.00. The standard InChI is InChI=1S/C17H25NO3S/c1-4-14-12(3)9-15(22-14)17(20)21-10-16(19)18-13-8-6-5-7-11(13)2/h9,11,13H,4-8,10H2,1-3H3,(H,18,19)/t11-,13-/m1/s1. The first-order valence-electron chi connectivity index (χ1n) is 8.07. The highest BCUT2D eigenvalue weighted by Crippen LogP contribution is 2.24. The smallest absolute Gasteiger partial charge is 0.348 e.